The molecule has 1 N–H and O–H groups in total. The van der Waals surface area contributed by atoms with Crippen molar-refractivity contribution in [3.05, 3.63) is 59.7 Å². The van der Waals surface area contributed by atoms with Crippen molar-refractivity contribution >= 4 is 5.97 Å². The molecule has 0 aliphatic heterocycles. The Kier molecular flexibility index (Phi) is 6.49. The number of hydrogen-bond donors (Lipinski definition) is 1. The molecule has 138 valence electrons. The standard InChI is InChI=1S/C24H30O2/c1-2-3-5-9-18-14-16-20(17-15-18)22-13-8-12-21(23(22)24(25)26)19-10-6-4-7-11-19/h4,6-8,10-13,18,20H,2-3,5,9,14-17H2,1H3,(H,25,26). The summed E-state index contributed by atoms with van der Waals surface area (Å²) in [5, 5.41) is 9.93. The predicted molar refractivity (Wildman–Crippen MR) is 108 cm³/mol. The van der Waals surface area contributed by atoms with E-state index >= 15 is 0 Å². The van der Waals surface area contributed by atoms with Gasteiger partial charge in [0.05, 0.1) is 5.56 Å². The van der Waals surface area contributed by atoms with Crippen LogP contribution in [0.3, 0.4) is 0 Å². The summed E-state index contributed by atoms with van der Waals surface area (Å²) in [5.74, 6) is 0.417. The zero-order valence-electron chi connectivity index (χ0n) is 15.8. The number of carboxylic acid groups (broad SMARTS) is 1. The van der Waals surface area contributed by atoms with E-state index in [0.717, 1.165) is 35.4 Å². The lowest BCUT2D eigenvalue weighted by Crippen LogP contribution is -2.16. The lowest BCUT2D eigenvalue weighted by molar-refractivity contribution is 0.0695. The first kappa shape index (κ1) is 18.7. The van der Waals surface area contributed by atoms with Gasteiger partial charge in [0.15, 0.2) is 0 Å². The van der Waals surface area contributed by atoms with Crippen LogP contribution in [0.2, 0.25) is 0 Å². The van der Waals surface area contributed by atoms with Crippen molar-refractivity contribution in [2.24, 2.45) is 5.92 Å². The van der Waals surface area contributed by atoms with Crippen molar-refractivity contribution in [2.75, 3.05) is 0 Å². The normalized spacial score (nSPS) is 20.0. The highest BCUT2D eigenvalue weighted by atomic mass is 16.4. The van der Waals surface area contributed by atoms with Gasteiger partial charge in [-0.2, -0.15) is 0 Å². The van der Waals surface area contributed by atoms with Gasteiger partial charge in [-0.05, 0) is 54.2 Å². The monoisotopic (exact) mass is 350 g/mol. The molecule has 1 saturated carbocycles. The van der Waals surface area contributed by atoms with Crippen LogP contribution in [0.15, 0.2) is 48.5 Å². The summed E-state index contributed by atoms with van der Waals surface area (Å²) in [4.78, 5) is 12.1. The second-order valence-corrected chi connectivity index (χ2v) is 7.65. The quantitative estimate of drug-likeness (QED) is 0.551. The third-order valence-electron chi connectivity index (χ3n) is 5.90. The molecule has 0 unspecified atom stereocenters. The third-order valence-corrected chi connectivity index (χ3v) is 5.90. The molecular weight excluding hydrogens is 320 g/mol. The molecule has 0 spiro atoms. The lowest BCUT2D eigenvalue weighted by atomic mass is 9.75. The first-order valence-electron chi connectivity index (χ1n) is 10.1. The Hall–Kier alpha value is -2.09. The van der Waals surface area contributed by atoms with Gasteiger partial charge < -0.3 is 5.11 Å². The molecule has 1 fully saturated rings. The van der Waals surface area contributed by atoms with E-state index in [4.69, 9.17) is 0 Å². The van der Waals surface area contributed by atoms with E-state index in [9.17, 15) is 9.90 Å². The molecule has 0 atom stereocenters. The lowest BCUT2D eigenvalue weighted by Gasteiger charge is -2.30. The van der Waals surface area contributed by atoms with E-state index in [0.29, 0.717) is 11.5 Å². The van der Waals surface area contributed by atoms with Crippen LogP contribution in [0.5, 0.6) is 0 Å². The van der Waals surface area contributed by atoms with Gasteiger partial charge in [0.2, 0.25) is 0 Å². The number of aromatic carboxylic acids is 1. The number of rotatable bonds is 7. The Morgan fingerprint density at radius 2 is 1.69 bits per heavy atom. The Bertz CT molecular complexity index is 712. The maximum absolute atomic E-state index is 12.1. The largest absolute Gasteiger partial charge is 0.478 e. The van der Waals surface area contributed by atoms with E-state index < -0.39 is 5.97 Å². The van der Waals surface area contributed by atoms with Crippen molar-refractivity contribution in [3.8, 4) is 11.1 Å². The van der Waals surface area contributed by atoms with Crippen molar-refractivity contribution in [3.63, 3.8) is 0 Å². The maximum atomic E-state index is 12.1. The Morgan fingerprint density at radius 3 is 2.35 bits per heavy atom. The SMILES string of the molecule is CCCCCC1CCC(c2cccc(-c3ccccc3)c2C(=O)O)CC1. The fraction of sp³-hybridized carbons (Fsp3) is 0.458. The van der Waals surface area contributed by atoms with Crippen molar-refractivity contribution in [1.29, 1.82) is 0 Å². The topological polar surface area (TPSA) is 37.3 Å². The fourth-order valence-corrected chi connectivity index (χ4v) is 4.45. The summed E-state index contributed by atoms with van der Waals surface area (Å²) in [7, 11) is 0. The number of carbonyl (C=O) groups is 1. The minimum absolute atomic E-state index is 0.382. The highest BCUT2D eigenvalue weighted by molar-refractivity contribution is 5.97. The van der Waals surface area contributed by atoms with Crippen LogP contribution in [0.25, 0.3) is 11.1 Å². The summed E-state index contributed by atoms with van der Waals surface area (Å²) in [5.41, 5.74) is 3.37. The van der Waals surface area contributed by atoms with E-state index in [1.54, 1.807) is 0 Å². The second kappa shape index (κ2) is 9.02. The number of hydrogen-bond acceptors (Lipinski definition) is 1. The van der Waals surface area contributed by atoms with Gasteiger partial charge in [0.25, 0.3) is 0 Å². The fourth-order valence-electron chi connectivity index (χ4n) is 4.45. The van der Waals surface area contributed by atoms with E-state index in [2.05, 4.69) is 6.92 Å². The van der Waals surface area contributed by atoms with Gasteiger partial charge in [-0.1, -0.05) is 81.1 Å². The summed E-state index contributed by atoms with van der Waals surface area (Å²) >= 11 is 0. The zero-order chi connectivity index (χ0) is 18.4. The molecule has 0 heterocycles. The van der Waals surface area contributed by atoms with Crippen molar-refractivity contribution in [2.45, 2.75) is 64.2 Å². The average Bonchev–Trinajstić information content (AvgIpc) is 2.69. The average molecular weight is 351 g/mol. The highest BCUT2D eigenvalue weighted by Crippen LogP contribution is 2.40. The molecule has 26 heavy (non-hydrogen) atoms. The van der Waals surface area contributed by atoms with Crippen LogP contribution in [0.1, 0.15) is 80.1 Å². The smallest absolute Gasteiger partial charge is 0.336 e. The summed E-state index contributed by atoms with van der Waals surface area (Å²) in [6.45, 7) is 2.25. The molecule has 1 aliphatic carbocycles. The zero-order valence-corrected chi connectivity index (χ0v) is 15.8. The van der Waals surface area contributed by atoms with Gasteiger partial charge >= 0.3 is 5.97 Å². The molecule has 2 aromatic carbocycles. The first-order chi connectivity index (χ1) is 12.7. The molecule has 0 bridgehead atoms. The molecule has 1 aliphatic rings. The van der Waals surface area contributed by atoms with E-state index in [1.807, 2.05) is 48.5 Å². The second-order valence-electron chi connectivity index (χ2n) is 7.65. The molecule has 2 heteroatoms. The molecule has 0 aromatic heterocycles. The molecule has 0 amide bonds. The Morgan fingerprint density at radius 1 is 0.962 bits per heavy atom. The van der Waals surface area contributed by atoms with Crippen LogP contribution in [-0.2, 0) is 0 Å². The highest BCUT2D eigenvalue weighted by Gasteiger charge is 2.27. The van der Waals surface area contributed by atoms with Crippen LogP contribution in [0.4, 0.5) is 0 Å². The Balaban J connectivity index is 1.80. The van der Waals surface area contributed by atoms with Gasteiger partial charge in [-0.25, -0.2) is 4.79 Å². The van der Waals surface area contributed by atoms with E-state index in [-0.39, 0.29) is 0 Å². The maximum Gasteiger partial charge on any atom is 0.336 e. The summed E-state index contributed by atoms with van der Waals surface area (Å²) in [6, 6.07) is 15.9. The van der Waals surface area contributed by atoms with Crippen LogP contribution < -0.4 is 0 Å². The molecule has 3 rings (SSSR count). The molecule has 2 nitrogen and oxygen atoms in total. The molecule has 2 aromatic rings. The summed E-state index contributed by atoms with van der Waals surface area (Å²) < 4.78 is 0. The van der Waals surface area contributed by atoms with E-state index in [1.165, 1.54) is 38.5 Å². The van der Waals surface area contributed by atoms with Crippen LogP contribution in [0, 0.1) is 5.92 Å². The first-order valence-corrected chi connectivity index (χ1v) is 10.1. The van der Waals surface area contributed by atoms with Gasteiger partial charge in [-0.3, -0.25) is 0 Å². The molecule has 0 radical (unpaired) electrons. The van der Waals surface area contributed by atoms with Crippen LogP contribution >= 0.6 is 0 Å². The minimum Gasteiger partial charge on any atom is -0.478 e. The molecule has 0 saturated heterocycles. The van der Waals surface area contributed by atoms with Gasteiger partial charge in [0.1, 0.15) is 0 Å². The Labute approximate surface area is 157 Å². The van der Waals surface area contributed by atoms with Gasteiger partial charge in [0, 0.05) is 0 Å². The number of carboxylic acids is 1. The third kappa shape index (κ3) is 4.35. The summed E-state index contributed by atoms with van der Waals surface area (Å²) in [6.07, 6.45) is 10.0. The minimum atomic E-state index is -0.801. The van der Waals surface area contributed by atoms with Gasteiger partial charge in [-0.15, -0.1) is 0 Å². The predicted octanol–water partition coefficient (Wildman–Crippen LogP) is 6.91. The van der Waals surface area contributed by atoms with Crippen molar-refractivity contribution < 1.29 is 9.90 Å². The van der Waals surface area contributed by atoms with Crippen molar-refractivity contribution in [1.82, 2.24) is 0 Å². The molecular formula is C24H30O2. The number of benzene rings is 2. The van der Waals surface area contributed by atoms with Crippen LogP contribution in [-0.4, -0.2) is 11.1 Å². The number of unbranched alkanes of at least 4 members (excludes halogenated alkanes) is 2.